The summed E-state index contributed by atoms with van der Waals surface area (Å²) in [4.78, 5) is 0.120. The molecule has 1 aliphatic rings. The summed E-state index contributed by atoms with van der Waals surface area (Å²) in [5, 5.41) is 9.40. The van der Waals surface area contributed by atoms with Crippen molar-refractivity contribution in [2.24, 2.45) is 0 Å². The van der Waals surface area contributed by atoms with E-state index in [1.165, 1.54) is 29.6 Å². The molecule has 2 rings (SSSR count). The summed E-state index contributed by atoms with van der Waals surface area (Å²) in [6, 6.07) is 4.35. The highest BCUT2D eigenvalue weighted by atomic mass is 32.2. The van der Waals surface area contributed by atoms with Crippen molar-refractivity contribution >= 4 is 15.7 Å². The van der Waals surface area contributed by atoms with Gasteiger partial charge in [0.25, 0.3) is 0 Å². The van der Waals surface area contributed by atoms with E-state index in [2.05, 4.69) is 0 Å². The molecule has 0 aromatic heterocycles. The van der Waals surface area contributed by atoms with Crippen LogP contribution < -0.4 is 10.5 Å². The SMILES string of the molecule is COc1ccc(S(=O)(=O)N2CCC(O)C2)cc1N. The van der Waals surface area contributed by atoms with Crippen molar-refractivity contribution in [3.05, 3.63) is 18.2 Å². The molecule has 1 aromatic rings. The number of nitrogens with two attached hydrogens (primary N) is 1. The van der Waals surface area contributed by atoms with E-state index in [-0.39, 0.29) is 17.1 Å². The number of benzene rings is 1. The normalized spacial score (nSPS) is 21.1. The summed E-state index contributed by atoms with van der Waals surface area (Å²) >= 11 is 0. The number of nitrogen functional groups attached to an aromatic ring is 1. The third kappa shape index (κ3) is 2.29. The first-order valence-electron chi connectivity index (χ1n) is 5.57. The number of methoxy groups -OCH3 is 1. The van der Waals surface area contributed by atoms with Crippen molar-refractivity contribution in [1.29, 1.82) is 0 Å². The smallest absolute Gasteiger partial charge is 0.243 e. The summed E-state index contributed by atoms with van der Waals surface area (Å²) < 4.78 is 30.7. The van der Waals surface area contributed by atoms with E-state index in [4.69, 9.17) is 10.5 Å². The van der Waals surface area contributed by atoms with Crippen LogP contribution in [-0.2, 0) is 10.0 Å². The molecule has 0 bridgehead atoms. The van der Waals surface area contributed by atoms with E-state index >= 15 is 0 Å². The maximum atomic E-state index is 12.3. The van der Waals surface area contributed by atoms with Gasteiger partial charge in [-0.3, -0.25) is 0 Å². The van der Waals surface area contributed by atoms with Crippen LogP contribution in [0.1, 0.15) is 6.42 Å². The Kier molecular flexibility index (Phi) is 3.47. The number of hydrogen-bond donors (Lipinski definition) is 2. The Bertz CT molecular complexity index is 544. The fraction of sp³-hybridized carbons (Fsp3) is 0.455. The third-order valence-electron chi connectivity index (χ3n) is 2.97. The second-order valence-electron chi connectivity index (χ2n) is 4.21. The number of aliphatic hydroxyl groups excluding tert-OH is 1. The largest absolute Gasteiger partial charge is 0.495 e. The predicted molar refractivity (Wildman–Crippen MR) is 66.8 cm³/mol. The fourth-order valence-corrected chi connectivity index (χ4v) is 3.48. The number of sulfonamides is 1. The minimum absolute atomic E-state index is 0.120. The lowest BCUT2D eigenvalue weighted by Gasteiger charge is -2.16. The zero-order valence-electron chi connectivity index (χ0n) is 10.0. The monoisotopic (exact) mass is 272 g/mol. The molecule has 1 fully saturated rings. The van der Waals surface area contributed by atoms with Crippen LogP contribution in [0, 0.1) is 0 Å². The minimum atomic E-state index is -3.58. The average molecular weight is 272 g/mol. The van der Waals surface area contributed by atoms with E-state index < -0.39 is 16.1 Å². The van der Waals surface area contributed by atoms with Crippen LogP contribution in [0.2, 0.25) is 0 Å². The first-order valence-corrected chi connectivity index (χ1v) is 7.01. The van der Waals surface area contributed by atoms with Crippen LogP contribution in [0.15, 0.2) is 23.1 Å². The molecule has 1 saturated heterocycles. The van der Waals surface area contributed by atoms with Gasteiger partial charge in [-0.1, -0.05) is 0 Å². The number of ether oxygens (including phenoxy) is 1. The maximum Gasteiger partial charge on any atom is 0.243 e. The van der Waals surface area contributed by atoms with Crippen LogP contribution in [0.3, 0.4) is 0 Å². The molecule has 1 aliphatic heterocycles. The van der Waals surface area contributed by atoms with E-state index in [9.17, 15) is 13.5 Å². The number of hydrogen-bond acceptors (Lipinski definition) is 5. The molecule has 0 amide bonds. The third-order valence-corrected chi connectivity index (χ3v) is 4.83. The van der Waals surface area contributed by atoms with E-state index in [1.807, 2.05) is 0 Å². The van der Waals surface area contributed by atoms with Crippen molar-refractivity contribution < 1.29 is 18.3 Å². The fourth-order valence-electron chi connectivity index (χ4n) is 1.95. The summed E-state index contributed by atoms with van der Waals surface area (Å²) in [5.41, 5.74) is 5.97. The zero-order valence-corrected chi connectivity index (χ0v) is 10.9. The van der Waals surface area contributed by atoms with E-state index in [0.29, 0.717) is 18.7 Å². The second kappa shape index (κ2) is 4.75. The molecule has 18 heavy (non-hydrogen) atoms. The van der Waals surface area contributed by atoms with Gasteiger partial charge in [-0.05, 0) is 24.6 Å². The number of nitrogens with zero attached hydrogens (tertiary/aromatic N) is 1. The van der Waals surface area contributed by atoms with Crippen LogP contribution >= 0.6 is 0 Å². The quantitative estimate of drug-likeness (QED) is 0.757. The highest BCUT2D eigenvalue weighted by Gasteiger charge is 2.31. The van der Waals surface area contributed by atoms with Crippen molar-refractivity contribution in [1.82, 2.24) is 4.31 Å². The molecule has 0 radical (unpaired) electrons. The summed E-state index contributed by atoms with van der Waals surface area (Å²) in [6.45, 7) is 0.462. The number of aliphatic hydroxyl groups is 1. The van der Waals surface area contributed by atoms with Gasteiger partial charge in [0.1, 0.15) is 5.75 Å². The molecule has 1 heterocycles. The van der Waals surface area contributed by atoms with Crippen LogP contribution in [0.4, 0.5) is 5.69 Å². The Morgan fingerprint density at radius 3 is 2.72 bits per heavy atom. The van der Waals surface area contributed by atoms with Crippen molar-refractivity contribution in [3.63, 3.8) is 0 Å². The Balaban J connectivity index is 2.33. The molecule has 1 aromatic carbocycles. The zero-order chi connectivity index (χ0) is 13.3. The lowest BCUT2D eigenvalue weighted by atomic mass is 10.3. The Hall–Kier alpha value is -1.31. The molecule has 7 heteroatoms. The number of anilines is 1. The maximum absolute atomic E-state index is 12.3. The molecule has 1 atom stereocenters. The van der Waals surface area contributed by atoms with Crippen LogP contribution in [0.25, 0.3) is 0 Å². The first-order chi connectivity index (χ1) is 8.45. The van der Waals surface area contributed by atoms with Gasteiger partial charge >= 0.3 is 0 Å². The van der Waals surface area contributed by atoms with Crippen LogP contribution in [-0.4, -0.2) is 44.1 Å². The van der Waals surface area contributed by atoms with E-state index in [1.54, 1.807) is 0 Å². The first kappa shape index (κ1) is 13.1. The van der Waals surface area contributed by atoms with Gasteiger partial charge in [-0.15, -0.1) is 0 Å². The molecule has 0 spiro atoms. The summed E-state index contributed by atoms with van der Waals surface area (Å²) in [7, 11) is -2.11. The van der Waals surface area contributed by atoms with Crippen molar-refractivity contribution in [2.45, 2.75) is 17.4 Å². The van der Waals surface area contributed by atoms with Gasteiger partial charge < -0.3 is 15.6 Å². The molecule has 1 unspecified atom stereocenters. The van der Waals surface area contributed by atoms with Crippen molar-refractivity contribution in [3.8, 4) is 5.75 Å². The molecular formula is C11H16N2O4S. The lowest BCUT2D eigenvalue weighted by Crippen LogP contribution is -2.29. The Labute approximate surface area is 106 Å². The molecule has 3 N–H and O–H groups in total. The lowest BCUT2D eigenvalue weighted by molar-refractivity contribution is 0.189. The summed E-state index contributed by atoms with van der Waals surface area (Å²) in [5.74, 6) is 0.440. The Morgan fingerprint density at radius 1 is 1.50 bits per heavy atom. The van der Waals surface area contributed by atoms with Crippen LogP contribution in [0.5, 0.6) is 5.75 Å². The minimum Gasteiger partial charge on any atom is -0.495 e. The number of rotatable bonds is 3. The standard InChI is InChI=1S/C11H16N2O4S/c1-17-11-3-2-9(6-10(11)12)18(15,16)13-5-4-8(14)7-13/h2-3,6,8,14H,4-5,7,12H2,1H3. The molecule has 6 nitrogen and oxygen atoms in total. The summed E-state index contributed by atoms with van der Waals surface area (Å²) in [6.07, 6.45) is -0.124. The average Bonchev–Trinajstić information content (AvgIpc) is 2.76. The second-order valence-corrected chi connectivity index (χ2v) is 6.15. The topological polar surface area (TPSA) is 92.9 Å². The van der Waals surface area contributed by atoms with Gasteiger partial charge in [0, 0.05) is 13.1 Å². The van der Waals surface area contributed by atoms with E-state index in [0.717, 1.165) is 0 Å². The predicted octanol–water partition coefficient (Wildman–Crippen LogP) is 0.0327. The Morgan fingerprint density at radius 2 is 2.22 bits per heavy atom. The van der Waals surface area contributed by atoms with Gasteiger partial charge in [0.15, 0.2) is 0 Å². The van der Waals surface area contributed by atoms with Gasteiger partial charge in [0.2, 0.25) is 10.0 Å². The van der Waals surface area contributed by atoms with Crippen molar-refractivity contribution in [2.75, 3.05) is 25.9 Å². The number of β-amino-alcohol motifs (C(OH)–C–C–N with tert-alkyl or cyclic N) is 1. The highest BCUT2D eigenvalue weighted by molar-refractivity contribution is 7.89. The molecule has 0 saturated carbocycles. The molecule has 100 valence electrons. The molecule has 0 aliphatic carbocycles. The molecular weight excluding hydrogens is 256 g/mol. The highest BCUT2D eigenvalue weighted by Crippen LogP contribution is 2.27. The van der Waals surface area contributed by atoms with Gasteiger partial charge in [-0.2, -0.15) is 4.31 Å². The van der Waals surface area contributed by atoms with Gasteiger partial charge in [-0.25, -0.2) is 8.42 Å². The van der Waals surface area contributed by atoms with Gasteiger partial charge in [0.05, 0.1) is 23.8 Å².